The van der Waals surface area contributed by atoms with Gasteiger partial charge < -0.3 is 5.11 Å². The van der Waals surface area contributed by atoms with Crippen molar-refractivity contribution in [3.05, 3.63) is 41.5 Å². The fourth-order valence-corrected chi connectivity index (χ4v) is 1.04. The third-order valence-electron chi connectivity index (χ3n) is 2.01. The van der Waals surface area contributed by atoms with Crippen molar-refractivity contribution in [2.75, 3.05) is 0 Å². The quantitative estimate of drug-likeness (QED) is 0.750. The maximum Gasteiger partial charge on any atom is 0.0721 e. The molecule has 1 N–H and O–H groups in total. The van der Waals surface area contributed by atoms with Crippen LogP contribution in [0.4, 0.5) is 0 Å². The minimum absolute atomic E-state index is 0.318. The van der Waals surface area contributed by atoms with E-state index in [1.165, 1.54) is 5.56 Å². The van der Waals surface area contributed by atoms with Crippen LogP contribution in [0, 0.1) is 6.92 Å². The van der Waals surface area contributed by atoms with E-state index in [0.717, 1.165) is 12.0 Å². The average Bonchev–Trinajstić information content (AvgIpc) is 2.16. The van der Waals surface area contributed by atoms with Crippen LogP contribution in [0.3, 0.4) is 0 Å². The van der Waals surface area contributed by atoms with Gasteiger partial charge in [-0.15, -0.1) is 0 Å². The predicted octanol–water partition coefficient (Wildman–Crippen LogP) is 2.78. The number of hydrogen-bond acceptors (Lipinski definition) is 1. The molecule has 1 heteroatoms. The molecule has 1 aromatic carbocycles. The monoisotopic (exact) mass is 176 g/mol. The van der Waals surface area contributed by atoms with Crippen LogP contribution in [0.25, 0.3) is 6.08 Å². The van der Waals surface area contributed by atoms with E-state index in [1.54, 1.807) is 0 Å². The van der Waals surface area contributed by atoms with Gasteiger partial charge in [-0.25, -0.2) is 0 Å². The summed E-state index contributed by atoms with van der Waals surface area (Å²) in [6.45, 7) is 4.03. The highest BCUT2D eigenvalue weighted by Gasteiger charge is 1.92. The second-order valence-corrected chi connectivity index (χ2v) is 3.25. The Labute approximate surface area is 79.7 Å². The summed E-state index contributed by atoms with van der Waals surface area (Å²) >= 11 is 0. The second kappa shape index (κ2) is 4.83. The number of rotatable bonds is 3. The first-order valence-electron chi connectivity index (χ1n) is 4.65. The molecule has 0 aliphatic carbocycles. The van der Waals surface area contributed by atoms with E-state index >= 15 is 0 Å². The molecule has 1 nitrogen and oxygen atoms in total. The first kappa shape index (κ1) is 10.0. The van der Waals surface area contributed by atoms with E-state index in [1.807, 2.05) is 31.2 Å². The van der Waals surface area contributed by atoms with E-state index < -0.39 is 0 Å². The first-order valence-corrected chi connectivity index (χ1v) is 4.65. The van der Waals surface area contributed by atoms with Crippen LogP contribution in [0.5, 0.6) is 0 Å². The molecular weight excluding hydrogens is 160 g/mol. The van der Waals surface area contributed by atoms with Gasteiger partial charge in [0.1, 0.15) is 0 Å². The molecular formula is C12H16O. The molecule has 0 saturated carbocycles. The Morgan fingerprint density at radius 3 is 2.46 bits per heavy atom. The molecule has 0 spiro atoms. The molecule has 0 bridgehead atoms. The minimum atomic E-state index is -0.318. The van der Waals surface area contributed by atoms with E-state index in [2.05, 4.69) is 19.1 Å². The fraction of sp³-hybridized carbons (Fsp3) is 0.333. The van der Waals surface area contributed by atoms with Gasteiger partial charge in [0.15, 0.2) is 0 Å². The molecule has 0 amide bonds. The Balaban J connectivity index is 2.64. The fourth-order valence-electron chi connectivity index (χ4n) is 1.04. The summed E-state index contributed by atoms with van der Waals surface area (Å²) in [5.74, 6) is 0. The van der Waals surface area contributed by atoms with Crippen molar-refractivity contribution in [2.45, 2.75) is 26.4 Å². The van der Waals surface area contributed by atoms with Gasteiger partial charge in [-0.3, -0.25) is 0 Å². The summed E-state index contributed by atoms with van der Waals surface area (Å²) in [5.41, 5.74) is 2.39. The van der Waals surface area contributed by atoms with Gasteiger partial charge in [-0.05, 0) is 18.9 Å². The summed E-state index contributed by atoms with van der Waals surface area (Å²) in [6.07, 6.45) is 4.22. The summed E-state index contributed by atoms with van der Waals surface area (Å²) in [7, 11) is 0. The lowest BCUT2D eigenvalue weighted by atomic mass is 10.1. The van der Waals surface area contributed by atoms with Crippen LogP contribution in [0.2, 0.25) is 0 Å². The summed E-state index contributed by atoms with van der Waals surface area (Å²) in [6, 6.07) is 8.23. The van der Waals surface area contributed by atoms with Crippen LogP contribution >= 0.6 is 0 Å². The van der Waals surface area contributed by atoms with E-state index in [4.69, 9.17) is 0 Å². The Morgan fingerprint density at radius 1 is 1.31 bits per heavy atom. The SMILES string of the molecule is CC[C@H](O)/C=C/c1ccc(C)cc1. The molecule has 0 unspecified atom stereocenters. The highest BCUT2D eigenvalue weighted by molar-refractivity contribution is 5.50. The molecule has 0 aliphatic heterocycles. The molecule has 70 valence electrons. The summed E-state index contributed by atoms with van der Waals surface area (Å²) in [4.78, 5) is 0. The Hall–Kier alpha value is -1.08. The van der Waals surface area contributed by atoms with Gasteiger partial charge in [0.2, 0.25) is 0 Å². The van der Waals surface area contributed by atoms with Crippen molar-refractivity contribution < 1.29 is 5.11 Å². The van der Waals surface area contributed by atoms with E-state index in [-0.39, 0.29) is 6.10 Å². The Bertz CT molecular complexity index is 272. The lowest BCUT2D eigenvalue weighted by molar-refractivity contribution is 0.220. The highest BCUT2D eigenvalue weighted by atomic mass is 16.3. The zero-order chi connectivity index (χ0) is 9.68. The number of aliphatic hydroxyl groups is 1. The highest BCUT2D eigenvalue weighted by Crippen LogP contribution is 2.06. The zero-order valence-corrected chi connectivity index (χ0v) is 8.20. The number of hydrogen-bond donors (Lipinski definition) is 1. The van der Waals surface area contributed by atoms with Crippen LogP contribution in [0.1, 0.15) is 24.5 Å². The lowest BCUT2D eigenvalue weighted by Gasteiger charge is -1.99. The van der Waals surface area contributed by atoms with Gasteiger partial charge in [0.05, 0.1) is 6.10 Å². The molecule has 1 aromatic rings. The maximum atomic E-state index is 9.29. The third kappa shape index (κ3) is 3.43. The van der Waals surface area contributed by atoms with Crippen molar-refractivity contribution in [3.8, 4) is 0 Å². The molecule has 0 aromatic heterocycles. The van der Waals surface area contributed by atoms with Crippen molar-refractivity contribution in [1.82, 2.24) is 0 Å². The van der Waals surface area contributed by atoms with E-state index in [9.17, 15) is 5.11 Å². The molecule has 0 saturated heterocycles. The van der Waals surface area contributed by atoms with Gasteiger partial charge in [-0.2, -0.15) is 0 Å². The van der Waals surface area contributed by atoms with Gasteiger partial charge in [0.25, 0.3) is 0 Å². The zero-order valence-electron chi connectivity index (χ0n) is 8.20. The first-order chi connectivity index (χ1) is 6.22. The van der Waals surface area contributed by atoms with Crippen LogP contribution < -0.4 is 0 Å². The number of benzene rings is 1. The normalized spacial score (nSPS) is 13.5. The van der Waals surface area contributed by atoms with Crippen molar-refractivity contribution in [3.63, 3.8) is 0 Å². The topological polar surface area (TPSA) is 20.2 Å². The molecule has 0 aliphatic rings. The standard InChI is InChI=1S/C12H16O/c1-3-12(13)9-8-11-6-4-10(2)5-7-11/h4-9,12-13H,3H2,1-2H3/b9-8+/t12-/m0/s1. The van der Waals surface area contributed by atoms with Gasteiger partial charge >= 0.3 is 0 Å². The second-order valence-electron chi connectivity index (χ2n) is 3.25. The molecule has 13 heavy (non-hydrogen) atoms. The van der Waals surface area contributed by atoms with Crippen molar-refractivity contribution >= 4 is 6.08 Å². The van der Waals surface area contributed by atoms with Crippen LogP contribution in [-0.2, 0) is 0 Å². The average molecular weight is 176 g/mol. The summed E-state index contributed by atoms with van der Waals surface area (Å²) in [5, 5.41) is 9.29. The maximum absolute atomic E-state index is 9.29. The molecule has 1 atom stereocenters. The third-order valence-corrected chi connectivity index (χ3v) is 2.01. The number of aliphatic hydroxyl groups excluding tert-OH is 1. The van der Waals surface area contributed by atoms with Crippen LogP contribution in [-0.4, -0.2) is 11.2 Å². The van der Waals surface area contributed by atoms with Crippen molar-refractivity contribution in [1.29, 1.82) is 0 Å². The van der Waals surface area contributed by atoms with E-state index in [0.29, 0.717) is 0 Å². The number of aryl methyl sites for hydroxylation is 1. The molecule has 0 heterocycles. The Kier molecular flexibility index (Phi) is 3.71. The molecule has 0 fully saturated rings. The smallest absolute Gasteiger partial charge is 0.0721 e. The largest absolute Gasteiger partial charge is 0.389 e. The van der Waals surface area contributed by atoms with Gasteiger partial charge in [0, 0.05) is 0 Å². The predicted molar refractivity (Wildman–Crippen MR) is 56.5 cm³/mol. The minimum Gasteiger partial charge on any atom is -0.389 e. The summed E-state index contributed by atoms with van der Waals surface area (Å²) < 4.78 is 0. The van der Waals surface area contributed by atoms with Gasteiger partial charge in [-0.1, -0.05) is 48.9 Å². The van der Waals surface area contributed by atoms with Crippen LogP contribution in [0.15, 0.2) is 30.3 Å². The Morgan fingerprint density at radius 2 is 1.92 bits per heavy atom. The van der Waals surface area contributed by atoms with Crippen molar-refractivity contribution in [2.24, 2.45) is 0 Å². The lowest BCUT2D eigenvalue weighted by Crippen LogP contribution is -1.97. The molecule has 0 radical (unpaired) electrons. The molecule has 1 rings (SSSR count).